The highest BCUT2D eigenvalue weighted by molar-refractivity contribution is 7.11. The highest BCUT2D eigenvalue weighted by atomic mass is 127. The van der Waals surface area contributed by atoms with Crippen LogP contribution in [0.4, 0.5) is 26.3 Å². The summed E-state index contributed by atoms with van der Waals surface area (Å²) in [6.07, 6.45) is -2.85. The van der Waals surface area contributed by atoms with Gasteiger partial charge < -0.3 is 4.74 Å². The van der Waals surface area contributed by atoms with Crippen molar-refractivity contribution in [3.63, 3.8) is 0 Å². The molecule has 0 amide bonds. The summed E-state index contributed by atoms with van der Waals surface area (Å²) in [5, 5.41) is 0. The molecule has 0 radical (unpaired) electrons. The van der Waals surface area contributed by atoms with Gasteiger partial charge in [0.1, 0.15) is 11.9 Å². The van der Waals surface area contributed by atoms with Gasteiger partial charge in [-0.15, -0.1) is 16.4 Å². The predicted octanol–water partition coefficient (Wildman–Crippen LogP) is 4.62. The molecule has 5 aromatic rings. The fourth-order valence-electron chi connectivity index (χ4n) is 5.56. The Morgan fingerprint density at radius 2 is 0.909 bits per heavy atom. The Morgan fingerprint density at radius 3 is 1.27 bits per heavy atom. The van der Waals surface area contributed by atoms with Crippen LogP contribution < -0.4 is 42.3 Å². The zero-order valence-electron chi connectivity index (χ0n) is 24.1. The van der Waals surface area contributed by atoms with Gasteiger partial charge in [0.15, 0.2) is 7.14 Å². The first-order chi connectivity index (χ1) is 21.2. The van der Waals surface area contributed by atoms with E-state index in [0.29, 0.717) is 6.42 Å². The maximum Gasteiger partial charge on any atom is 0.357 e. The van der Waals surface area contributed by atoms with Crippen molar-refractivity contribution in [1.82, 2.24) is 0 Å². The van der Waals surface area contributed by atoms with E-state index < -0.39 is 57.4 Å². The molecule has 0 aliphatic carbocycles. The van der Waals surface area contributed by atoms with E-state index >= 15 is 0 Å². The minimum Gasteiger partial charge on any atom is -0.497 e. The summed E-state index contributed by atoms with van der Waals surface area (Å²) in [5.74, 6) is -5.79. The van der Waals surface area contributed by atoms with Crippen LogP contribution in [0.25, 0.3) is 0 Å². The molecule has 0 N–H and O–H groups in total. The van der Waals surface area contributed by atoms with Crippen LogP contribution in [-0.4, -0.2) is 13.3 Å². The molecule has 0 fully saturated rings. The molecule has 5 aromatic carbocycles. The normalized spacial score (nSPS) is 11.1. The van der Waals surface area contributed by atoms with Crippen molar-refractivity contribution < 1.29 is 52.3 Å². The highest BCUT2D eigenvalue weighted by Crippen LogP contribution is 2.24. The van der Waals surface area contributed by atoms with E-state index in [-0.39, 0.29) is 33.9 Å². The lowest BCUT2D eigenvalue weighted by Gasteiger charge is -2.43. The van der Waals surface area contributed by atoms with E-state index in [9.17, 15) is 26.3 Å². The highest BCUT2D eigenvalue weighted by Gasteiger charge is 2.41. The Morgan fingerprint density at radius 1 is 0.523 bits per heavy atom. The lowest BCUT2D eigenvalue weighted by Crippen LogP contribution is -3.61. The second-order valence-corrected chi connectivity index (χ2v) is 13.2. The summed E-state index contributed by atoms with van der Waals surface area (Å²) in [6.45, 7) is 1.76. The lowest BCUT2D eigenvalue weighted by atomic mass is 9.13. The van der Waals surface area contributed by atoms with Crippen LogP contribution in [0.3, 0.4) is 0 Å². The number of benzene rings is 5. The maximum absolute atomic E-state index is 15.0. The molecule has 44 heavy (non-hydrogen) atoms. The third-order valence-corrected chi connectivity index (χ3v) is 10.2. The molecule has 9 heteroatoms. The van der Waals surface area contributed by atoms with Crippen LogP contribution in [0.2, 0.25) is 6.32 Å². The summed E-state index contributed by atoms with van der Waals surface area (Å²) < 4.78 is 97.7. The van der Waals surface area contributed by atoms with E-state index in [2.05, 4.69) is 42.5 Å². The number of hydrogen-bond donors (Lipinski definition) is 0. The largest absolute Gasteiger partial charge is 0.497 e. The second kappa shape index (κ2) is 15.3. The maximum atomic E-state index is 15.0. The standard InChI is InChI=1S/C22H18BF6.C13H12IO/c1-2-3-13-23(20-14(24)7-4-8-15(20)25,21-16(26)9-5-10-17(21)27)22-18(28)11-6-12-19(22)29;1-15-13-9-7-12(8-10-13)14-11-5-3-2-4-6-11/h4-12H,2-3,13H2,1H3;2-10H,1H3/q-1;+1. The lowest BCUT2D eigenvalue weighted by molar-refractivity contribution is -0.597. The Balaban J connectivity index is 0.000000246. The van der Waals surface area contributed by atoms with Gasteiger partial charge in [0.05, 0.1) is 42.0 Å². The molecule has 0 spiro atoms. The summed E-state index contributed by atoms with van der Waals surface area (Å²) >= 11 is -0.0449. The van der Waals surface area contributed by atoms with Gasteiger partial charge in [-0.3, -0.25) is 0 Å². The molecule has 228 valence electrons. The molecule has 0 bridgehead atoms. The Kier molecular flexibility index (Phi) is 11.6. The zero-order chi connectivity index (χ0) is 31.7. The predicted molar refractivity (Wildman–Crippen MR) is 160 cm³/mol. The summed E-state index contributed by atoms with van der Waals surface area (Å²) in [4.78, 5) is 0. The smallest absolute Gasteiger partial charge is 0.357 e. The van der Waals surface area contributed by atoms with E-state index in [1.807, 2.05) is 12.1 Å². The molecule has 5 rings (SSSR count). The molecule has 0 unspecified atom stereocenters. The molecule has 0 atom stereocenters. The monoisotopic (exact) mass is 718 g/mol. The quantitative estimate of drug-likeness (QED) is 0.123. The Labute approximate surface area is 264 Å². The average Bonchev–Trinajstić information content (AvgIpc) is 3.01. The van der Waals surface area contributed by atoms with Crippen molar-refractivity contribution in [1.29, 1.82) is 0 Å². The summed E-state index contributed by atoms with van der Waals surface area (Å²) in [5.41, 5.74) is -2.18. The molecular weight excluding hydrogens is 688 g/mol. The molecule has 0 saturated heterocycles. The third kappa shape index (κ3) is 7.31. The van der Waals surface area contributed by atoms with Crippen molar-refractivity contribution in [2.45, 2.75) is 26.1 Å². The average molecular weight is 718 g/mol. The van der Waals surface area contributed by atoms with Crippen LogP contribution in [-0.2, 0) is 0 Å². The van der Waals surface area contributed by atoms with Gasteiger partial charge in [0, 0.05) is 0 Å². The fourth-order valence-corrected chi connectivity index (χ4v) is 7.77. The Bertz CT molecular complexity index is 1500. The summed E-state index contributed by atoms with van der Waals surface area (Å²) in [6, 6.07) is 27.7. The first kappa shape index (κ1) is 33.2. The number of methoxy groups -OCH3 is 1. The van der Waals surface area contributed by atoms with Gasteiger partial charge in [0.2, 0.25) is 0 Å². The minimum atomic E-state index is -3.32. The molecule has 0 aliphatic rings. The topological polar surface area (TPSA) is 9.23 Å². The van der Waals surface area contributed by atoms with Crippen molar-refractivity contribution in [2.75, 3.05) is 7.11 Å². The SMILES string of the molecule is CCCC[B-](c1c(F)cccc1F)(c1c(F)cccc1F)c1c(F)cccc1F.COc1ccc([I+]c2ccccc2)cc1. The van der Waals surface area contributed by atoms with Crippen LogP contribution in [0, 0.1) is 42.0 Å². The zero-order valence-corrected chi connectivity index (χ0v) is 26.3. The molecule has 0 heterocycles. The molecule has 1 nitrogen and oxygen atoms in total. The van der Waals surface area contributed by atoms with Crippen molar-refractivity contribution in [3.05, 3.63) is 151 Å². The number of ether oxygens (including phenoxy) is 1. The van der Waals surface area contributed by atoms with Crippen LogP contribution in [0.5, 0.6) is 5.75 Å². The Hall–Kier alpha value is -3.73. The van der Waals surface area contributed by atoms with Crippen LogP contribution >= 0.6 is 0 Å². The second-order valence-electron chi connectivity index (χ2n) is 10.1. The fraction of sp³-hybridized carbons (Fsp3) is 0.143. The summed E-state index contributed by atoms with van der Waals surface area (Å²) in [7, 11) is 1.70. The van der Waals surface area contributed by atoms with Gasteiger partial charge in [-0.1, -0.05) is 56.2 Å². The van der Waals surface area contributed by atoms with Gasteiger partial charge in [0.25, 0.3) is 0 Å². The van der Waals surface area contributed by atoms with Gasteiger partial charge >= 0.3 is 21.2 Å². The van der Waals surface area contributed by atoms with Crippen molar-refractivity contribution in [2.24, 2.45) is 0 Å². The number of halogens is 7. The minimum absolute atomic E-state index is 0.0449. The number of rotatable bonds is 9. The molecule has 0 aliphatic heterocycles. The number of hydrogen-bond acceptors (Lipinski definition) is 1. The number of unbranched alkanes of at least 4 members (excludes halogenated alkanes) is 1. The van der Waals surface area contributed by atoms with Crippen molar-refractivity contribution in [3.8, 4) is 5.75 Å². The molecule has 0 saturated carbocycles. The van der Waals surface area contributed by atoms with Gasteiger partial charge in [-0.25, -0.2) is 26.3 Å². The van der Waals surface area contributed by atoms with Crippen LogP contribution in [0.1, 0.15) is 19.8 Å². The van der Waals surface area contributed by atoms with Crippen molar-refractivity contribution >= 4 is 22.5 Å². The van der Waals surface area contributed by atoms with E-state index in [0.717, 1.165) is 60.3 Å². The van der Waals surface area contributed by atoms with E-state index in [4.69, 9.17) is 4.74 Å². The van der Waals surface area contributed by atoms with E-state index in [1.54, 1.807) is 14.0 Å². The first-order valence-corrected chi connectivity index (χ1v) is 16.2. The molecule has 0 aromatic heterocycles. The van der Waals surface area contributed by atoms with Crippen LogP contribution in [0.15, 0.2) is 109 Å². The first-order valence-electron chi connectivity index (χ1n) is 14.1. The van der Waals surface area contributed by atoms with Gasteiger partial charge in [-0.05, 0) is 72.8 Å². The van der Waals surface area contributed by atoms with Gasteiger partial charge in [-0.2, -0.15) is 6.32 Å². The third-order valence-electron chi connectivity index (χ3n) is 7.47. The molecular formula is C35H30BF6IO. The van der Waals surface area contributed by atoms with E-state index in [1.165, 1.54) is 7.14 Å².